The molecule has 0 unspecified atom stereocenters. The first kappa shape index (κ1) is 9.68. The van der Waals surface area contributed by atoms with E-state index in [-0.39, 0.29) is 5.57 Å². The second-order valence-corrected chi connectivity index (χ2v) is 1.98. The van der Waals surface area contributed by atoms with Crippen LogP contribution in [-0.2, 0) is 4.79 Å². The third-order valence-corrected chi connectivity index (χ3v) is 1.22. The van der Waals surface area contributed by atoms with Gasteiger partial charge in [-0.3, -0.25) is 4.99 Å². The quantitative estimate of drug-likeness (QED) is 0.458. The molecule has 0 aromatic carbocycles. The SMILES string of the molecule is CCC(N)=C(C=NC)C(=O)O. The standard InChI is InChI=1S/C7H12N2O2/c1-3-6(8)5(4-9-2)7(10)11/h4H,3,8H2,1-2H3,(H,10,11). The van der Waals surface area contributed by atoms with Crippen molar-refractivity contribution in [3.63, 3.8) is 0 Å². The summed E-state index contributed by atoms with van der Waals surface area (Å²) in [6.45, 7) is 1.79. The third kappa shape index (κ3) is 2.84. The van der Waals surface area contributed by atoms with Crippen molar-refractivity contribution >= 4 is 12.2 Å². The Labute approximate surface area is 65.4 Å². The molecule has 0 saturated heterocycles. The Morgan fingerprint density at radius 2 is 2.27 bits per heavy atom. The Bertz CT molecular complexity index is 206. The van der Waals surface area contributed by atoms with Gasteiger partial charge in [0.15, 0.2) is 0 Å². The molecule has 0 aromatic rings. The number of carboxylic acid groups (broad SMARTS) is 1. The molecule has 0 fully saturated rings. The van der Waals surface area contributed by atoms with E-state index in [0.29, 0.717) is 12.1 Å². The van der Waals surface area contributed by atoms with E-state index in [9.17, 15) is 4.79 Å². The lowest BCUT2D eigenvalue weighted by molar-refractivity contribution is -0.132. The maximum Gasteiger partial charge on any atom is 0.339 e. The van der Waals surface area contributed by atoms with Gasteiger partial charge in [0.2, 0.25) is 0 Å². The van der Waals surface area contributed by atoms with Crippen LogP contribution >= 0.6 is 0 Å². The van der Waals surface area contributed by atoms with Crippen molar-refractivity contribution in [2.75, 3.05) is 7.05 Å². The number of rotatable bonds is 3. The molecular weight excluding hydrogens is 144 g/mol. The number of nitrogens with zero attached hydrogens (tertiary/aromatic N) is 1. The number of hydrogen-bond acceptors (Lipinski definition) is 3. The predicted molar refractivity (Wildman–Crippen MR) is 43.6 cm³/mol. The zero-order chi connectivity index (χ0) is 8.85. The summed E-state index contributed by atoms with van der Waals surface area (Å²) in [5.41, 5.74) is 5.84. The zero-order valence-electron chi connectivity index (χ0n) is 6.66. The van der Waals surface area contributed by atoms with Gasteiger partial charge in [0, 0.05) is 19.0 Å². The number of carboxylic acids is 1. The average molecular weight is 156 g/mol. The number of hydrogen-bond donors (Lipinski definition) is 2. The first-order valence-corrected chi connectivity index (χ1v) is 3.27. The van der Waals surface area contributed by atoms with Gasteiger partial charge in [-0.05, 0) is 6.42 Å². The Kier molecular flexibility index (Phi) is 3.95. The average Bonchev–Trinajstić information content (AvgIpc) is 1.98. The number of aliphatic imine (C=N–C) groups is 1. The summed E-state index contributed by atoms with van der Waals surface area (Å²) in [4.78, 5) is 14.0. The molecule has 3 N–H and O–H groups in total. The fourth-order valence-electron chi connectivity index (χ4n) is 0.595. The molecule has 4 nitrogen and oxygen atoms in total. The van der Waals surface area contributed by atoms with Crippen molar-refractivity contribution in [2.24, 2.45) is 10.7 Å². The van der Waals surface area contributed by atoms with Crippen LogP contribution in [0.2, 0.25) is 0 Å². The van der Waals surface area contributed by atoms with E-state index in [1.807, 2.05) is 0 Å². The Hall–Kier alpha value is -1.32. The number of aliphatic carboxylic acids is 1. The van der Waals surface area contributed by atoms with Gasteiger partial charge in [0.1, 0.15) is 0 Å². The van der Waals surface area contributed by atoms with Gasteiger partial charge in [0.05, 0.1) is 5.57 Å². The molecule has 0 spiro atoms. The van der Waals surface area contributed by atoms with Crippen molar-refractivity contribution < 1.29 is 9.90 Å². The molecule has 0 heterocycles. The number of carbonyl (C=O) groups is 1. The van der Waals surface area contributed by atoms with Crippen LogP contribution in [0.4, 0.5) is 0 Å². The van der Waals surface area contributed by atoms with Gasteiger partial charge >= 0.3 is 5.97 Å². The maximum atomic E-state index is 10.5. The van der Waals surface area contributed by atoms with Gasteiger partial charge < -0.3 is 10.8 Å². The van der Waals surface area contributed by atoms with Crippen LogP contribution in [-0.4, -0.2) is 24.3 Å². The first-order chi connectivity index (χ1) is 5.13. The lowest BCUT2D eigenvalue weighted by Crippen LogP contribution is -2.10. The van der Waals surface area contributed by atoms with Crippen molar-refractivity contribution in [2.45, 2.75) is 13.3 Å². The van der Waals surface area contributed by atoms with Crippen LogP contribution in [0, 0.1) is 0 Å². The summed E-state index contributed by atoms with van der Waals surface area (Å²) < 4.78 is 0. The smallest absolute Gasteiger partial charge is 0.339 e. The van der Waals surface area contributed by atoms with E-state index in [1.54, 1.807) is 6.92 Å². The fourth-order valence-corrected chi connectivity index (χ4v) is 0.595. The van der Waals surface area contributed by atoms with Gasteiger partial charge in [0.25, 0.3) is 0 Å². The molecule has 0 aliphatic rings. The third-order valence-electron chi connectivity index (χ3n) is 1.22. The summed E-state index contributed by atoms with van der Waals surface area (Å²) >= 11 is 0. The Morgan fingerprint density at radius 1 is 1.73 bits per heavy atom. The van der Waals surface area contributed by atoms with Crippen LogP contribution in [0.25, 0.3) is 0 Å². The van der Waals surface area contributed by atoms with Gasteiger partial charge in [-0.2, -0.15) is 0 Å². The highest BCUT2D eigenvalue weighted by molar-refractivity contribution is 6.09. The van der Waals surface area contributed by atoms with E-state index in [1.165, 1.54) is 13.3 Å². The summed E-state index contributed by atoms with van der Waals surface area (Å²) in [5, 5.41) is 8.58. The van der Waals surface area contributed by atoms with E-state index >= 15 is 0 Å². The highest BCUT2D eigenvalue weighted by atomic mass is 16.4. The van der Waals surface area contributed by atoms with Crippen LogP contribution in [0.5, 0.6) is 0 Å². The van der Waals surface area contributed by atoms with Crippen LogP contribution in [0.15, 0.2) is 16.3 Å². The van der Waals surface area contributed by atoms with Crippen LogP contribution in [0.1, 0.15) is 13.3 Å². The molecule has 11 heavy (non-hydrogen) atoms. The lowest BCUT2D eigenvalue weighted by Gasteiger charge is -1.98. The molecule has 0 aliphatic heterocycles. The van der Waals surface area contributed by atoms with Crippen molar-refractivity contribution in [3.8, 4) is 0 Å². The van der Waals surface area contributed by atoms with Crippen LogP contribution in [0.3, 0.4) is 0 Å². The number of allylic oxidation sites excluding steroid dienone is 1. The topological polar surface area (TPSA) is 75.7 Å². The fraction of sp³-hybridized carbons (Fsp3) is 0.429. The zero-order valence-corrected chi connectivity index (χ0v) is 6.66. The molecule has 0 saturated carbocycles. The molecule has 0 aromatic heterocycles. The van der Waals surface area contributed by atoms with E-state index in [2.05, 4.69) is 4.99 Å². The second-order valence-electron chi connectivity index (χ2n) is 1.98. The predicted octanol–water partition coefficient (Wildman–Crippen LogP) is 0.394. The minimum Gasteiger partial charge on any atom is -0.478 e. The molecular formula is C7H12N2O2. The van der Waals surface area contributed by atoms with Gasteiger partial charge in [-0.25, -0.2) is 4.79 Å². The monoisotopic (exact) mass is 156 g/mol. The normalized spacial score (nSPS) is 13.3. The summed E-state index contributed by atoms with van der Waals surface area (Å²) in [6.07, 6.45) is 1.77. The Morgan fingerprint density at radius 3 is 2.55 bits per heavy atom. The Balaban J connectivity index is 4.72. The molecule has 0 aliphatic carbocycles. The summed E-state index contributed by atoms with van der Waals surface area (Å²) in [5.74, 6) is -1.03. The largest absolute Gasteiger partial charge is 0.478 e. The second kappa shape index (κ2) is 4.49. The van der Waals surface area contributed by atoms with E-state index < -0.39 is 5.97 Å². The highest BCUT2D eigenvalue weighted by Crippen LogP contribution is 1.99. The minimum absolute atomic E-state index is 0.0787. The minimum atomic E-state index is -1.03. The first-order valence-electron chi connectivity index (χ1n) is 3.27. The van der Waals surface area contributed by atoms with Crippen molar-refractivity contribution in [1.82, 2.24) is 0 Å². The molecule has 0 bridgehead atoms. The molecule has 4 heteroatoms. The lowest BCUT2D eigenvalue weighted by atomic mass is 10.2. The molecule has 0 atom stereocenters. The highest BCUT2D eigenvalue weighted by Gasteiger charge is 2.07. The summed E-state index contributed by atoms with van der Waals surface area (Å²) in [7, 11) is 1.51. The van der Waals surface area contributed by atoms with Crippen molar-refractivity contribution in [1.29, 1.82) is 0 Å². The van der Waals surface area contributed by atoms with E-state index in [0.717, 1.165) is 0 Å². The van der Waals surface area contributed by atoms with E-state index in [4.69, 9.17) is 10.8 Å². The molecule has 0 amide bonds. The number of nitrogens with two attached hydrogens (primary N) is 1. The summed E-state index contributed by atoms with van der Waals surface area (Å²) in [6, 6.07) is 0. The molecule has 62 valence electrons. The van der Waals surface area contributed by atoms with Crippen molar-refractivity contribution in [3.05, 3.63) is 11.3 Å². The van der Waals surface area contributed by atoms with Crippen LogP contribution < -0.4 is 5.73 Å². The van der Waals surface area contributed by atoms with Gasteiger partial charge in [-0.15, -0.1) is 0 Å². The molecule has 0 radical (unpaired) electrons. The maximum absolute atomic E-state index is 10.5. The van der Waals surface area contributed by atoms with Gasteiger partial charge in [-0.1, -0.05) is 6.92 Å². The molecule has 0 rings (SSSR count).